The molecule has 5 heteroatoms. The topological polar surface area (TPSA) is 64.3 Å². The fourth-order valence-electron chi connectivity index (χ4n) is 1.33. The molecule has 4 nitrogen and oxygen atoms in total. The molecule has 0 spiro atoms. The van der Waals surface area contributed by atoms with Crippen LogP contribution in [0.15, 0.2) is 22.7 Å². The van der Waals surface area contributed by atoms with Gasteiger partial charge in [0, 0.05) is 23.3 Å². The standard InChI is InChI=1S/C11H15BrN2O2/c1-7(6-16-2)14-11(15)9-4-3-8(12)5-10(9)13/h3-5,7H,6,13H2,1-2H3,(H,14,15). The molecule has 0 fully saturated rings. The summed E-state index contributed by atoms with van der Waals surface area (Å²) >= 11 is 3.29. The van der Waals surface area contributed by atoms with Crippen LogP contribution in [0.3, 0.4) is 0 Å². The maximum atomic E-state index is 11.8. The van der Waals surface area contributed by atoms with E-state index in [2.05, 4.69) is 21.2 Å². The van der Waals surface area contributed by atoms with Crippen LogP contribution in [0.1, 0.15) is 17.3 Å². The molecular weight excluding hydrogens is 272 g/mol. The van der Waals surface area contributed by atoms with E-state index >= 15 is 0 Å². The third-order valence-electron chi connectivity index (χ3n) is 2.05. The molecule has 16 heavy (non-hydrogen) atoms. The Morgan fingerprint density at radius 3 is 2.88 bits per heavy atom. The molecule has 3 N–H and O–H groups in total. The molecule has 0 aliphatic heterocycles. The van der Waals surface area contributed by atoms with Crippen LogP contribution in [-0.4, -0.2) is 25.7 Å². The number of halogens is 1. The zero-order valence-corrected chi connectivity index (χ0v) is 10.9. The van der Waals surface area contributed by atoms with Crippen LogP contribution in [0.5, 0.6) is 0 Å². The Balaban J connectivity index is 2.73. The summed E-state index contributed by atoms with van der Waals surface area (Å²) in [5, 5.41) is 2.80. The molecule has 0 bridgehead atoms. The minimum absolute atomic E-state index is 0.0412. The van der Waals surface area contributed by atoms with Crippen molar-refractivity contribution in [1.29, 1.82) is 0 Å². The van der Waals surface area contributed by atoms with Crippen LogP contribution in [0.2, 0.25) is 0 Å². The number of amides is 1. The largest absolute Gasteiger partial charge is 0.398 e. The molecular formula is C11H15BrN2O2. The number of rotatable bonds is 4. The maximum Gasteiger partial charge on any atom is 0.253 e. The first-order valence-corrected chi connectivity index (χ1v) is 5.68. The Morgan fingerprint density at radius 2 is 2.31 bits per heavy atom. The molecule has 0 heterocycles. The number of carbonyl (C=O) groups excluding carboxylic acids is 1. The Morgan fingerprint density at radius 1 is 1.62 bits per heavy atom. The third kappa shape index (κ3) is 3.50. The van der Waals surface area contributed by atoms with Gasteiger partial charge in [-0.3, -0.25) is 4.79 Å². The fourth-order valence-corrected chi connectivity index (χ4v) is 1.71. The number of methoxy groups -OCH3 is 1. The Labute approximate surface area is 103 Å². The fraction of sp³-hybridized carbons (Fsp3) is 0.364. The van der Waals surface area contributed by atoms with E-state index in [0.29, 0.717) is 17.9 Å². The summed E-state index contributed by atoms with van der Waals surface area (Å²) in [6.07, 6.45) is 0. The molecule has 88 valence electrons. The number of benzene rings is 1. The number of carbonyl (C=O) groups is 1. The first-order chi connectivity index (χ1) is 7.54. The highest BCUT2D eigenvalue weighted by Crippen LogP contribution is 2.18. The molecule has 0 radical (unpaired) electrons. The number of hydrogen-bond donors (Lipinski definition) is 2. The lowest BCUT2D eigenvalue weighted by Crippen LogP contribution is -2.35. The maximum absolute atomic E-state index is 11.8. The van der Waals surface area contributed by atoms with Gasteiger partial charge in [-0.05, 0) is 25.1 Å². The van der Waals surface area contributed by atoms with Gasteiger partial charge in [-0.2, -0.15) is 0 Å². The Bertz CT molecular complexity index is 382. The van der Waals surface area contributed by atoms with Crippen molar-refractivity contribution in [1.82, 2.24) is 5.32 Å². The third-order valence-corrected chi connectivity index (χ3v) is 2.55. The van der Waals surface area contributed by atoms with Gasteiger partial charge >= 0.3 is 0 Å². The summed E-state index contributed by atoms with van der Waals surface area (Å²) < 4.78 is 5.79. The van der Waals surface area contributed by atoms with Gasteiger partial charge in [-0.25, -0.2) is 0 Å². The van der Waals surface area contributed by atoms with Gasteiger partial charge < -0.3 is 15.8 Å². The number of nitrogen functional groups attached to an aromatic ring is 1. The van der Waals surface area contributed by atoms with Crippen LogP contribution in [0.25, 0.3) is 0 Å². The van der Waals surface area contributed by atoms with Gasteiger partial charge in [0.2, 0.25) is 0 Å². The van der Waals surface area contributed by atoms with Crippen LogP contribution in [0.4, 0.5) is 5.69 Å². The highest BCUT2D eigenvalue weighted by atomic mass is 79.9. The molecule has 1 rings (SSSR count). The number of nitrogens with two attached hydrogens (primary N) is 1. The van der Waals surface area contributed by atoms with Crippen molar-refractivity contribution in [3.63, 3.8) is 0 Å². The lowest BCUT2D eigenvalue weighted by atomic mass is 10.1. The molecule has 0 aliphatic rings. The number of anilines is 1. The average molecular weight is 287 g/mol. The monoisotopic (exact) mass is 286 g/mol. The second kappa shape index (κ2) is 5.86. The van der Waals surface area contributed by atoms with E-state index in [0.717, 1.165) is 4.47 Å². The van der Waals surface area contributed by atoms with E-state index < -0.39 is 0 Å². The predicted molar refractivity (Wildman–Crippen MR) is 67.4 cm³/mol. The molecule has 0 aromatic heterocycles. The van der Waals surface area contributed by atoms with E-state index in [1.807, 2.05) is 6.92 Å². The number of hydrogen-bond acceptors (Lipinski definition) is 3. The van der Waals surface area contributed by atoms with E-state index in [4.69, 9.17) is 10.5 Å². The Kier molecular flexibility index (Phi) is 4.76. The zero-order chi connectivity index (χ0) is 12.1. The van der Waals surface area contributed by atoms with Crippen LogP contribution in [0, 0.1) is 0 Å². The predicted octanol–water partition coefficient (Wildman–Crippen LogP) is 1.80. The minimum atomic E-state index is -0.186. The van der Waals surface area contributed by atoms with Crippen LogP contribution < -0.4 is 11.1 Å². The normalized spacial score (nSPS) is 12.2. The number of nitrogens with one attached hydrogen (secondary N) is 1. The zero-order valence-electron chi connectivity index (χ0n) is 9.29. The lowest BCUT2D eigenvalue weighted by molar-refractivity contribution is 0.0906. The first-order valence-electron chi connectivity index (χ1n) is 4.89. The van der Waals surface area contributed by atoms with Crippen molar-refractivity contribution in [2.24, 2.45) is 0 Å². The van der Waals surface area contributed by atoms with Gasteiger partial charge in [0.25, 0.3) is 5.91 Å². The molecule has 1 atom stereocenters. The minimum Gasteiger partial charge on any atom is -0.398 e. The molecule has 0 saturated heterocycles. The summed E-state index contributed by atoms with van der Waals surface area (Å²) in [5.74, 6) is -0.186. The van der Waals surface area contributed by atoms with Gasteiger partial charge in [-0.15, -0.1) is 0 Å². The van der Waals surface area contributed by atoms with Crippen molar-refractivity contribution in [3.8, 4) is 0 Å². The van der Waals surface area contributed by atoms with Crippen molar-refractivity contribution in [2.75, 3.05) is 19.5 Å². The second-order valence-electron chi connectivity index (χ2n) is 3.56. The van der Waals surface area contributed by atoms with Gasteiger partial charge in [0.1, 0.15) is 0 Å². The molecule has 0 saturated carbocycles. The second-order valence-corrected chi connectivity index (χ2v) is 4.48. The molecule has 0 aliphatic carbocycles. The molecule has 1 unspecified atom stereocenters. The van der Waals surface area contributed by atoms with Crippen LogP contribution >= 0.6 is 15.9 Å². The Hall–Kier alpha value is -1.07. The van der Waals surface area contributed by atoms with Crippen LogP contribution in [-0.2, 0) is 4.74 Å². The summed E-state index contributed by atoms with van der Waals surface area (Å²) in [4.78, 5) is 11.8. The quantitative estimate of drug-likeness (QED) is 0.830. The lowest BCUT2D eigenvalue weighted by Gasteiger charge is -2.13. The molecule has 1 aromatic rings. The average Bonchev–Trinajstić information content (AvgIpc) is 2.17. The SMILES string of the molecule is COCC(C)NC(=O)c1ccc(Br)cc1N. The van der Waals surface area contributed by atoms with Crippen molar-refractivity contribution in [3.05, 3.63) is 28.2 Å². The molecule has 1 aromatic carbocycles. The highest BCUT2D eigenvalue weighted by Gasteiger charge is 2.12. The summed E-state index contributed by atoms with van der Waals surface area (Å²) in [6, 6.07) is 5.14. The van der Waals surface area contributed by atoms with E-state index in [9.17, 15) is 4.79 Å². The smallest absolute Gasteiger partial charge is 0.253 e. The van der Waals surface area contributed by atoms with Crippen molar-refractivity contribution in [2.45, 2.75) is 13.0 Å². The summed E-state index contributed by atoms with van der Waals surface area (Å²) in [5.41, 5.74) is 6.68. The van der Waals surface area contributed by atoms with E-state index in [1.165, 1.54) is 0 Å². The van der Waals surface area contributed by atoms with E-state index in [1.54, 1.807) is 25.3 Å². The van der Waals surface area contributed by atoms with Crippen molar-refractivity contribution < 1.29 is 9.53 Å². The van der Waals surface area contributed by atoms with E-state index in [-0.39, 0.29) is 11.9 Å². The van der Waals surface area contributed by atoms with Gasteiger partial charge in [0.05, 0.1) is 12.2 Å². The van der Waals surface area contributed by atoms with Gasteiger partial charge in [0.15, 0.2) is 0 Å². The first kappa shape index (κ1) is 13.0. The molecule has 1 amide bonds. The highest BCUT2D eigenvalue weighted by molar-refractivity contribution is 9.10. The van der Waals surface area contributed by atoms with Crippen molar-refractivity contribution >= 4 is 27.5 Å². The summed E-state index contributed by atoms with van der Waals surface area (Å²) in [6.45, 7) is 2.35. The summed E-state index contributed by atoms with van der Waals surface area (Å²) in [7, 11) is 1.59. The van der Waals surface area contributed by atoms with Gasteiger partial charge in [-0.1, -0.05) is 15.9 Å². The number of ether oxygens (including phenoxy) is 1.